The Hall–Kier alpha value is -5.18. The van der Waals surface area contributed by atoms with Crippen molar-refractivity contribution in [3.05, 3.63) is 142 Å². The lowest BCUT2D eigenvalue weighted by Crippen LogP contribution is -2.52. The number of benzene rings is 4. The van der Waals surface area contributed by atoms with Gasteiger partial charge in [-0.15, -0.1) is 0 Å². The Bertz CT molecular complexity index is 2100. The predicted molar refractivity (Wildman–Crippen MR) is 237 cm³/mol. The Kier molecular flexibility index (Phi) is 18.3. The highest BCUT2D eigenvalue weighted by atomic mass is 19.4. The Labute approximate surface area is 398 Å². The Balaban J connectivity index is 0.000000261. The normalized spacial score (nSPS) is 22.0. The molecule has 2 aliphatic heterocycles. The van der Waals surface area contributed by atoms with E-state index in [-0.39, 0.29) is 60.1 Å². The van der Waals surface area contributed by atoms with Crippen LogP contribution in [-0.2, 0) is 54.8 Å². The van der Waals surface area contributed by atoms with Gasteiger partial charge in [0.2, 0.25) is 11.8 Å². The van der Waals surface area contributed by atoms with Crippen molar-refractivity contribution >= 4 is 11.8 Å². The van der Waals surface area contributed by atoms with E-state index in [0.29, 0.717) is 75.9 Å². The lowest BCUT2D eigenvalue weighted by molar-refractivity contribution is -0.145. The van der Waals surface area contributed by atoms with Crippen LogP contribution >= 0.6 is 0 Å². The summed E-state index contributed by atoms with van der Waals surface area (Å²) in [6, 6.07) is 21.7. The number of ether oxygens (including phenoxy) is 2. The van der Waals surface area contributed by atoms with E-state index in [1.165, 1.54) is 13.8 Å². The lowest BCUT2D eigenvalue weighted by Gasteiger charge is -2.42. The standard InChI is InChI=1S/2C25H28F6N2O2/c2*1-16(18-11-20(24(26,27)28)13-21(12-18)25(29,30)31)35-15-23(19-6-4-3-5-7-19)9-8-17(14-33-23)10-22(34)32-2/h2*3-7,11-13,16-17,33H,8-10,14-15H2,1-2H3,(H,32,34)/t16-,17+,23-;16-,17-,23-/m11/s1. The van der Waals surface area contributed by atoms with Crippen molar-refractivity contribution in [3.8, 4) is 0 Å². The number of rotatable bonds is 14. The van der Waals surface area contributed by atoms with Gasteiger partial charge in [-0.1, -0.05) is 60.7 Å². The third-order valence-electron chi connectivity index (χ3n) is 12.9. The molecule has 4 aromatic carbocycles. The zero-order valence-electron chi connectivity index (χ0n) is 38.8. The summed E-state index contributed by atoms with van der Waals surface area (Å²) in [7, 11) is 3.14. The van der Waals surface area contributed by atoms with Crippen LogP contribution in [0.2, 0.25) is 0 Å². The molecule has 0 unspecified atom stereocenters. The number of amides is 2. The van der Waals surface area contributed by atoms with Crippen molar-refractivity contribution in [1.29, 1.82) is 0 Å². The van der Waals surface area contributed by atoms with E-state index in [9.17, 15) is 62.3 Å². The summed E-state index contributed by atoms with van der Waals surface area (Å²) in [4.78, 5) is 23.5. The van der Waals surface area contributed by atoms with Gasteiger partial charge in [0.1, 0.15) is 0 Å². The molecular weight excluding hydrogens is 949 g/mol. The molecule has 2 aliphatic rings. The maximum absolute atomic E-state index is 13.3. The molecule has 4 N–H and O–H groups in total. The summed E-state index contributed by atoms with van der Waals surface area (Å²) in [6.45, 7) is 3.96. The van der Waals surface area contributed by atoms with Crippen molar-refractivity contribution in [2.24, 2.45) is 11.8 Å². The first-order valence-corrected chi connectivity index (χ1v) is 22.5. The molecule has 4 aromatic rings. The van der Waals surface area contributed by atoms with Crippen molar-refractivity contribution in [2.75, 3.05) is 40.4 Å². The largest absolute Gasteiger partial charge is 0.416 e. The van der Waals surface area contributed by atoms with Crippen LogP contribution in [0.3, 0.4) is 0 Å². The van der Waals surface area contributed by atoms with Crippen LogP contribution in [0.5, 0.6) is 0 Å². The average Bonchev–Trinajstić information content (AvgIpc) is 3.32. The van der Waals surface area contributed by atoms with Gasteiger partial charge in [0.15, 0.2) is 0 Å². The van der Waals surface area contributed by atoms with E-state index >= 15 is 0 Å². The van der Waals surface area contributed by atoms with E-state index < -0.39 is 70.2 Å². The highest BCUT2D eigenvalue weighted by molar-refractivity contribution is 5.76. The van der Waals surface area contributed by atoms with Crippen LogP contribution in [0.1, 0.15) is 109 Å². The first-order valence-electron chi connectivity index (χ1n) is 22.5. The fourth-order valence-electron chi connectivity index (χ4n) is 8.61. The van der Waals surface area contributed by atoms with Crippen LogP contribution < -0.4 is 21.3 Å². The van der Waals surface area contributed by atoms with Crippen molar-refractivity contribution in [3.63, 3.8) is 0 Å². The minimum absolute atomic E-state index is 0.0302. The molecule has 2 fully saturated rings. The molecule has 2 saturated heterocycles. The molecule has 2 amide bonds. The van der Waals surface area contributed by atoms with Gasteiger partial charge in [0.25, 0.3) is 0 Å². The number of piperidine rings is 2. The van der Waals surface area contributed by atoms with Gasteiger partial charge in [0, 0.05) is 26.9 Å². The monoisotopic (exact) mass is 1000 g/mol. The van der Waals surface area contributed by atoms with E-state index in [2.05, 4.69) is 21.3 Å². The van der Waals surface area contributed by atoms with Crippen molar-refractivity contribution in [2.45, 2.75) is 100 Å². The lowest BCUT2D eigenvalue weighted by atomic mass is 9.78. The number of hydrogen-bond acceptors (Lipinski definition) is 6. The summed E-state index contributed by atoms with van der Waals surface area (Å²) in [5.41, 5.74) is -5.49. The van der Waals surface area contributed by atoms with E-state index in [4.69, 9.17) is 9.47 Å². The summed E-state index contributed by atoms with van der Waals surface area (Å²) in [5.74, 6) is 0.0573. The molecule has 0 radical (unpaired) electrons. The zero-order chi connectivity index (χ0) is 51.7. The third kappa shape index (κ3) is 14.9. The molecule has 0 bridgehead atoms. The third-order valence-corrected chi connectivity index (χ3v) is 12.9. The molecule has 0 aliphatic carbocycles. The van der Waals surface area contributed by atoms with E-state index in [1.807, 2.05) is 60.7 Å². The highest BCUT2D eigenvalue weighted by Gasteiger charge is 2.42. The maximum atomic E-state index is 13.3. The van der Waals surface area contributed by atoms with E-state index in [1.54, 1.807) is 14.1 Å². The van der Waals surface area contributed by atoms with Gasteiger partial charge in [-0.3, -0.25) is 9.59 Å². The van der Waals surface area contributed by atoms with Gasteiger partial charge in [0.05, 0.1) is 58.8 Å². The fourth-order valence-corrected chi connectivity index (χ4v) is 8.61. The molecule has 6 atom stereocenters. The molecule has 20 heteroatoms. The molecule has 70 heavy (non-hydrogen) atoms. The van der Waals surface area contributed by atoms with Gasteiger partial charge in [-0.2, -0.15) is 52.7 Å². The number of nitrogens with one attached hydrogen (secondary N) is 4. The molecule has 0 aromatic heterocycles. The highest BCUT2D eigenvalue weighted by Crippen LogP contribution is 2.42. The maximum Gasteiger partial charge on any atom is 0.416 e. The molecule has 384 valence electrons. The summed E-state index contributed by atoms with van der Waals surface area (Å²) >= 11 is 0. The topological polar surface area (TPSA) is 101 Å². The number of halogens is 12. The Morgan fingerprint density at radius 1 is 0.543 bits per heavy atom. The van der Waals surface area contributed by atoms with E-state index in [0.717, 1.165) is 11.1 Å². The van der Waals surface area contributed by atoms with Crippen LogP contribution in [0.4, 0.5) is 52.7 Å². The molecule has 6 rings (SSSR count). The first kappa shape index (κ1) is 55.7. The molecule has 8 nitrogen and oxygen atoms in total. The Morgan fingerprint density at radius 2 is 0.843 bits per heavy atom. The second kappa shape index (κ2) is 22.9. The SMILES string of the molecule is CNC(=O)C[C@@H]1CC[C@@](CO[C@H](C)c2cc(C(F)(F)F)cc(C(F)(F)F)c2)(c2ccccc2)NC1.CNC(=O)C[C@H]1CC[C@@](CO[C@H](C)c2cc(C(F)(F)F)cc(C(F)(F)F)c2)(c2ccccc2)NC1. The summed E-state index contributed by atoms with van der Waals surface area (Å²) < 4.78 is 171. The molecule has 0 spiro atoms. The van der Waals surface area contributed by atoms with Crippen molar-refractivity contribution < 1.29 is 71.7 Å². The first-order chi connectivity index (χ1) is 32.7. The van der Waals surface area contributed by atoms with Gasteiger partial charge in [-0.25, -0.2) is 0 Å². The molecule has 2 heterocycles. The average molecular weight is 1000 g/mol. The van der Waals surface area contributed by atoms with Gasteiger partial charge < -0.3 is 30.7 Å². The van der Waals surface area contributed by atoms with Crippen LogP contribution in [-0.4, -0.2) is 52.2 Å². The summed E-state index contributed by atoms with van der Waals surface area (Å²) in [6.07, 6.45) is -18.5. The zero-order valence-corrected chi connectivity index (χ0v) is 38.8. The van der Waals surface area contributed by atoms with Crippen molar-refractivity contribution in [1.82, 2.24) is 21.3 Å². The number of carbonyl (C=O) groups excluding carboxylic acids is 2. The number of hydrogen-bond donors (Lipinski definition) is 4. The minimum atomic E-state index is -4.92. The number of carbonyl (C=O) groups is 2. The van der Waals surface area contributed by atoms with Crippen LogP contribution in [0.25, 0.3) is 0 Å². The number of alkyl halides is 12. The Morgan fingerprint density at radius 3 is 1.09 bits per heavy atom. The van der Waals surface area contributed by atoms with Gasteiger partial charge >= 0.3 is 24.7 Å². The minimum Gasteiger partial charge on any atom is -0.372 e. The van der Waals surface area contributed by atoms with Crippen LogP contribution in [0, 0.1) is 11.8 Å². The van der Waals surface area contributed by atoms with Gasteiger partial charge in [-0.05, 0) is 123 Å². The quantitative estimate of drug-likeness (QED) is 0.0939. The smallest absolute Gasteiger partial charge is 0.372 e. The van der Waals surface area contributed by atoms with Crippen LogP contribution in [0.15, 0.2) is 97.1 Å². The molecular formula is C50H56F12N4O4. The second-order valence-electron chi connectivity index (χ2n) is 17.8. The fraction of sp³-hybridized carbons (Fsp3) is 0.480. The summed E-state index contributed by atoms with van der Waals surface area (Å²) in [5, 5.41) is 12.1. The second-order valence-corrected chi connectivity index (χ2v) is 17.8. The molecule has 0 saturated carbocycles. The predicted octanol–water partition coefficient (Wildman–Crippen LogP) is 11.7.